The molecule has 174 valence electrons. The van der Waals surface area contributed by atoms with Crippen molar-refractivity contribution in [1.29, 1.82) is 0 Å². The Morgan fingerprint density at radius 1 is 1.12 bits per heavy atom. The smallest absolute Gasteiger partial charge is 0.270 e. The molecule has 4 aromatic rings. The van der Waals surface area contributed by atoms with E-state index in [4.69, 9.17) is 4.98 Å². The van der Waals surface area contributed by atoms with Crippen LogP contribution in [0.1, 0.15) is 35.4 Å². The molecule has 34 heavy (non-hydrogen) atoms. The fourth-order valence-corrected chi connectivity index (χ4v) is 4.65. The molecule has 1 saturated carbocycles. The third-order valence-corrected chi connectivity index (χ3v) is 6.70. The van der Waals surface area contributed by atoms with Gasteiger partial charge in [-0.2, -0.15) is 0 Å². The number of aryl methyl sites for hydroxylation is 1. The van der Waals surface area contributed by atoms with Gasteiger partial charge in [0.1, 0.15) is 5.69 Å². The number of benzene rings is 1. The second-order valence-electron chi connectivity index (χ2n) is 9.13. The summed E-state index contributed by atoms with van der Waals surface area (Å²) in [6.45, 7) is 5.46. The molecule has 2 fully saturated rings. The molecule has 0 spiro atoms. The fraction of sp³-hybridized carbons (Fsp3) is 0.360. The first-order valence-electron chi connectivity index (χ1n) is 11.8. The fourth-order valence-electron chi connectivity index (χ4n) is 4.65. The van der Waals surface area contributed by atoms with E-state index in [-0.39, 0.29) is 17.6 Å². The molecule has 8 nitrogen and oxygen atoms in total. The number of hydrogen-bond donors (Lipinski definition) is 2. The minimum atomic E-state index is -0.455. The second-order valence-corrected chi connectivity index (χ2v) is 9.13. The van der Waals surface area contributed by atoms with Gasteiger partial charge in [0.25, 0.3) is 5.91 Å². The van der Waals surface area contributed by atoms with Crippen LogP contribution >= 0.6 is 0 Å². The number of pyridine rings is 1. The lowest BCUT2D eigenvalue weighted by Gasteiger charge is -2.30. The average Bonchev–Trinajstić information content (AvgIpc) is 3.21. The van der Waals surface area contributed by atoms with Crippen molar-refractivity contribution in [2.24, 2.45) is 0 Å². The number of rotatable bonds is 4. The van der Waals surface area contributed by atoms with Gasteiger partial charge in [-0.05, 0) is 50.5 Å². The highest BCUT2D eigenvalue weighted by Crippen LogP contribution is 2.28. The van der Waals surface area contributed by atoms with Crippen LogP contribution < -0.4 is 15.5 Å². The van der Waals surface area contributed by atoms with Gasteiger partial charge in [-0.1, -0.05) is 0 Å². The van der Waals surface area contributed by atoms with Crippen molar-refractivity contribution in [2.45, 2.75) is 32.2 Å². The van der Waals surface area contributed by atoms with E-state index in [1.807, 2.05) is 25.1 Å². The van der Waals surface area contributed by atoms with Crippen LogP contribution in [0.25, 0.3) is 27.9 Å². The molecule has 1 aliphatic heterocycles. The normalized spacial score (nSPS) is 16.7. The van der Waals surface area contributed by atoms with Crippen LogP contribution in [0.5, 0.6) is 0 Å². The SMILES string of the molecule is Cc1cn2cc(-c3nc(C(=O)NC4CCC4)c4cc(N5CCNCC5)ccc4n3)cc(F)c2n1. The maximum Gasteiger partial charge on any atom is 0.270 e. The highest BCUT2D eigenvalue weighted by molar-refractivity contribution is 6.05. The number of carbonyl (C=O) groups is 1. The zero-order valence-electron chi connectivity index (χ0n) is 19.0. The van der Waals surface area contributed by atoms with E-state index in [0.29, 0.717) is 28.0 Å². The predicted molar refractivity (Wildman–Crippen MR) is 129 cm³/mol. The van der Waals surface area contributed by atoms with E-state index < -0.39 is 5.82 Å². The summed E-state index contributed by atoms with van der Waals surface area (Å²) in [7, 11) is 0. The van der Waals surface area contributed by atoms with E-state index in [9.17, 15) is 9.18 Å². The van der Waals surface area contributed by atoms with Crippen LogP contribution in [0.2, 0.25) is 0 Å². The second kappa shape index (κ2) is 8.32. The summed E-state index contributed by atoms with van der Waals surface area (Å²) < 4.78 is 16.4. The quantitative estimate of drug-likeness (QED) is 0.488. The van der Waals surface area contributed by atoms with E-state index in [2.05, 4.69) is 25.5 Å². The van der Waals surface area contributed by atoms with Crippen molar-refractivity contribution in [3.05, 3.63) is 53.9 Å². The maximum absolute atomic E-state index is 14.8. The summed E-state index contributed by atoms with van der Waals surface area (Å²) in [6, 6.07) is 7.52. The number of nitrogens with zero attached hydrogens (tertiary/aromatic N) is 5. The Kier molecular flexibility index (Phi) is 5.13. The maximum atomic E-state index is 14.8. The third kappa shape index (κ3) is 3.75. The Hall–Kier alpha value is -3.59. The number of aromatic nitrogens is 4. The molecule has 0 bridgehead atoms. The number of hydrogen-bond acceptors (Lipinski definition) is 6. The van der Waals surface area contributed by atoms with Gasteiger partial charge in [0.15, 0.2) is 17.3 Å². The highest BCUT2D eigenvalue weighted by atomic mass is 19.1. The molecular weight excluding hydrogens is 433 g/mol. The largest absolute Gasteiger partial charge is 0.369 e. The molecule has 1 aromatic carbocycles. The number of anilines is 1. The number of imidazole rings is 1. The van der Waals surface area contributed by atoms with E-state index in [1.165, 1.54) is 6.07 Å². The lowest BCUT2D eigenvalue weighted by molar-refractivity contribution is 0.0913. The van der Waals surface area contributed by atoms with Gasteiger partial charge >= 0.3 is 0 Å². The monoisotopic (exact) mass is 459 g/mol. The van der Waals surface area contributed by atoms with Gasteiger partial charge in [-0.25, -0.2) is 19.3 Å². The molecule has 0 unspecified atom stereocenters. The molecule has 0 atom stereocenters. The summed E-state index contributed by atoms with van der Waals surface area (Å²) in [5.74, 6) is -0.354. The number of carbonyl (C=O) groups excluding carboxylic acids is 1. The van der Waals surface area contributed by atoms with Crippen molar-refractivity contribution < 1.29 is 9.18 Å². The van der Waals surface area contributed by atoms with Crippen LogP contribution in [0.15, 0.2) is 36.7 Å². The number of halogens is 1. The number of fused-ring (bicyclic) bond motifs is 2. The van der Waals surface area contributed by atoms with Crippen LogP contribution in [-0.2, 0) is 0 Å². The molecule has 6 rings (SSSR count). The summed E-state index contributed by atoms with van der Waals surface area (Å²) >= 11 is 0. The topological polar surface area (TPSA) is 87.5 Å². The van der Waals surface area contributed by atoms with E-state index >= 15 is 0 Å². The van der Waals surface area contributed by atoms with Crippen LogP contribution in [-0.4, -0.2) is 57.5 Å². The van der Waals surface area contributed by atoms with Crippen molar-refractivity contribution in [3.8, 4) is 11.4 Å². The molecule has 3 aromatic heterocycles. The van der Waals surface area contributed by atoms with Crippen molar-refractivity contribution in [2.75, 3.05) is 31.1 Å². The first kappa shape index (κ1) is 21.0. The summed E-state index contributed by atoms with van der Waals surface area (Å²) in [6.07, 6.45) is 6.59. The van der Waals surface area contributed by atoms with Crippen molar-refractivity contribution >= 4 is 28.1 Å². The predicted octanol–water partition coefficient (Wildman–Crippen LogP) is 3.08. The molecule has 4 heterocycles. The van der Waals surface area contributed by atoms with Crippen molar-refractivity contribution in [3.63, 3.8) is 0 Å². The minimum absolute atomic E-state index is 0.181. The van der Waals surface area contributed by atoms with Gasteiger partial charge in [0, 0.05) is 61.3 Å². The highest BCUT2D eigenvalue weighted by Gasteiger charge is 2.24. The summed E-state index contributed by atoms with van der Waals surface area (Å²) in [4.78, 5) is 29.2. The standard InChI is InChI=1S/C25H26FN7O/c1-15-13-33-14-16(11-20(26)24(33)28-15)23-30-21-6-5-18(32-9-7-27-8-10-32)12-19(21)22(31-23)25(34)29-17-3-2-4-17/h5-6,11-14,17,27H,2-4,7-10H2,1H3,(H,29,34). The number of piperazine rings is 1. The Morgan fingerprint density at radius 3 is 2.71 bits per heavy atom. The Bertz CT molecular complexity index is 1410. The zero-order chi connectivity index (χ0) is 23.2. The van der Waals surface area contributed by atoms with Gasteiger partial charge in [-0.15, -0.1) is 0 Å². The summed E-state index contributed by atoms with van der Waals surface area (Å²) in [5.41, 5.74) is 3.50. The molecule has 1 saturated heterocycles. The average molecular weight is 460 g/mol. The Labute approximate surface area is 196 Å². The lowest BCUT2D eigenvalue weighted by Crippen LogP contribution is -2.43. The van der Waals surface area contributed by atoms with Crippen molar-refractivity contribution in [1.82, 2.24) is 30.0 Å². The molecular formula is C25H26FN7O. The van der Waals surface area contributed by atoms with Gasteiger partial charge in [-0.3, -0.25) is 4.79 Å². The Morgan fingerprint density at radius 2 is 1.94 bits per heavy atom. The first-order chi connectivity index (χ1) is 16.5. The molecule has 2 aliphatic rings. The van der Waals surface area contributed by atoms with Gasteiger partial charge in [0.2, 0.25) is 0 Å². The lowest BCUT2D eigenvalue weighted by atomic mass is 9.93. The minimum Gasteiger partial charge on any atom is -0.369 e. The Balaban J connectivity index is 1.48. The number of nitrogens with one attached hydrogen (secondary N) is 2. The first-order valence-corrected chi connectivity index (χ1v) is 11.8. The molecule has 1 amide bonds. The van der Waals surface area contributed by atoms with E-state index in [1.54, 1.807) is 16.8 Å². The van der Waals surface area contributed by atoms with E-state index in [0.717, 1.165) is 56.8 Å². The van der Waals surface area contributed by atoms with Gasteiger partial charge < -0.3 is 19.9 Å². The molecule has 1 aliphatic carbocycles. The molecule has 0 radical (unpaired) electrons. The zero-order valence-corrected chi connectivity index (χ0v) is 19.0. The number of amides is 1. The third-order valence-electron chi connectivity index (χ3n) is 6.70. The van der Waals surface area contributed by atoms with Gasteiger partial charge in [0.05, 0.1) is 11.2 Å². The molecule has 9 heteroatoms. The van der Waals surface area contributed by atoms with Crippen LogP contribution in [0.4, 0.5) is 10.1 Å². The van der Waals surface area contributed by atoms with Crippen LogP contribution in [0, 0.1) is 12.7 Å². The summed E-state index contributed by atoms with van der Waals surface area (Å²) in [5, 5.41) is 7.17. The molecule has 2 N–H and O–H groups in total. The van der Waals surface area contributed by atoms with Crippen LogP contribution in [0.3, 0.4) is 0 Å².